The molecule has 0 fully saturated rings. The van der Waals surface area contributed by atoms with E-state index >= 15 is 0 Å². The number of halogens is 1. The molecule has 0 saturated heterocycles. The molecule has 1 unspecified atom stereocenters. The molecule has 13 heavy (non-hydrogen) atoms. The number of imidazole rings is 1. The summed E-state index contributed by atoms with van der Waals surface area (Å²) in [5.74, 6) is 0. The number of aromatic nitrogens is 2. The number of H-pyrrole nitrogens is 1. The number of allylic oxidation sites excluding steroid dienone is 1. The molecular formula is C10H17ClN2. The highest BCUT2D eigenvalue weighted by atomic mass is 35.5. The maximum atomic E-state index is 3.71. The summed E-state index contributed by atoms with van der Waals surface area (Å²) in [4.78, 5) is 3.04. The van der Waals surface area contributed by atoms with Gasteiger partial charge in [0.2, 0.25) is 6.33 Å². The fourth-order valence-corrected chi connectivity index (χ4v) is 1.28. The summed E-state index contributed by atoms with van der Waals surface area (Å²) in [6.45, 7) is 5.94. The minimum Gasteiger partial charge on any atom is -1.00 e. The Morgan fingerprint density at radius 1 is 1.62 bits per heavy atom. The maximum absolute atomic E-state index is 3.71. The van der Waals surface area contributed by atoms with Crippen LogP contribution in [0.4, 0.5) is 0 Å². The number of aromatic amines is 1. The molecule has 0 radical (unpaired) electrons. The highest BCUT2D eigenvalue weighted by molar-refractivity contribution is 4.66. The predicted octanol–water partition coefficient (Wildman–Crippen LogP) is -0.776. The Hall–Kier alpha value is -0.760. The van der Waals surface area contributed by atoms with Gasteiger partial charge < -0.3 is 12.4 Å². The van der Waals surface area contributed by atoms with Gasteiger partial charge in [0.15, 0.2) is 0 Å². The highest BCUT2D eigenvalue weighted by Gasteiger charge is 2.07. The van der Waals surface area contributed by atoms with Gasteiger partial charge in [-0.15, -0.1) is 6.58 Å². The van der Waals surface area contributed by atoms with E-state index in [1.54, 1.807) is 0 Å². The van der Waals surface area contributed by atoms with Crippen LogP contribution < -0.4 is 17.0 Å². The van der Waals surface area contributed by atoms with Crippen LogP contribution in [0.2, 0.25) is 0 Å². The van der Waals surface area contributed by atoms with Gasteiger partial charge in [-0.3, -0.25) is 4.98 Å². The summed E-state index contributed by atoms with van der Waals surface area (Å²) in [6, 6.07) is 0.594. The molecular weight excluding hydrogens is 184 g/mol. The van der Waals surface area contributed by atoms with Gasteiger partial charge in [0.1, 0.15) is 12.4 Å². The van der Waals surface area contributed by atoms with Crippen LogP contribution in [0.25, 0.3) is 0 Å². The number of nitrogens with one attached hydrogen (secondary N) is 1. The minimum absolute atomic E-state index is 0. The molecule has 0 spiro atoms. The molecule has 0 aliphatic heterocycles. The molecule has 1 rings (SSSR count). The van der Waals surface area contributed by atoms with Crippen LogP contribution in [0.3, 0.4) is 0 Å². The zero-order chi connectivity index (χ0) is 8.81. The summed E-state index contributed by atoms with van der Waals surface area (Å²) in [5, 5.41) is 0. The summed E-state index contributed by atoms with van der Waals surface area (Å²) in [7, 11) is 0. The highest BCUT2D eigenvalue weighted by Crippen LogP contribution is 2.06. The molecule has 3 heteroatoms. The van der Waals surface area contributed by atoms with Crippen molar-refractivity contribution in [2.24, 2.45) is 0 Å². The molecule has 0 aliphatic rings. The van der Waals surface area contributed by atoms with Crippen LogP contribution >= 0.6 is 0 Å². The predicted molar refractivity (Wildman–Crippen MR) is 49.7 cm³/mol. The van der Waals surface area contributed by atoms with Crippen molar-refractivity contribution in [2.75, 3.05) is 0 Å². The largest absolute Gasteiger partial charge is 1.00 e. The fourth-order valence-electron chi connectivity index (χ4n) is 1.28. The molecule has 1 heterocycles. The van der Waals surface area contributed by atoms with Crippen LogP contribution in [-0.4, -0.2) is 4.98 Å². The van der Waals surface area contributed by atoms with E-state index in [2.05, 4.69) is 29.3 Å². The SMILES string of the molecule is C=CCCCC(C)[n+]1cc[nH]c1.[Cl-]. The molecule has 0 saturated carbocycles. The summed E-state index contributed by atoms with van der Waals surface area (Å²) < 4.78 is 2.20. The van der Waals surface area contributed by atoms with E-state index in [1.807, 2.05) is 18.6 Å². The van der Waals surface area contributed by atoms with Crippen molar-refractivity contribution in [3.8, 4) is 0 Å². The van der Waals surface area contributed by atoms with E-state index in [0.29, 0.717) is 6.04 Å². The van der Waals surface area contributed by atoms with Gasteiger partial charge in [0, 0.05) is 0 Å². The molecule has 74 valence electrons. The van der Waals surface area contributed by atoms with E-state index in [4.69, 9.17) is 0 Å². The molecule has 1 atom stereocenters. The molecule has 0 aliphatic carbocycles. The normalized spacial score (nSPS) is 11.8. The van der Waals surface area contributed by atoms with Gasteiger partial charge in [0.25, 0.3) is 0 Å². The number of hydrogen-bond acceptors (Lipinski definition) is 0. The Kier molecular flexibility index (Phi) is 6.33. The van der Waals surface area contributed by atoms with Crippen LogP contribution in [0.5, 0.6) is 0 Å². The van der Waals surface area contributed by atoms with Crippen molar-refractivity contribution in [1.82, 2.24) is 4.98 Å². The van der Waals surface area contributed by atoms with Gasteiger partial charge >= 0.3 is 0 Å². The van der Waals surface area contributed by atoms with Crippen LogP contribution in [-0.2, 0) is 0 Å². The monoisotopic (exact) mass is 200 g/mol. The first-order valence-corrected chi connectivity index (χ1v) is 4.49. The number of unbranched alkanes of at least 4 members (excludes halogenated alkanes) is 1. The van der Waals surface area contributed by atoms with E-state index < -0.39 is 0 Å². The molecule has 2 nitrogen and oxygen atoms in total. The second-order valence-electron chi connectivity index (χ2n) is 3.13. The first kappa shape index (κ1) is 12.2. The van der Waals surface area contributed by atoms with Crippen LogP contribution in [0.1, 0.15) is 32.2 Å². The molecule has 1 aromatic heterocycles. The molecule has 1 N–H and O–H groups in total. The van der Waals surface area contributed by atoms with Crippen molar-refractivity contribution in [3.05, 3.63) is 31.4 Å². The van der Waals surface area contributed by atoms with Gasteiger partial charge in [-0.1, -0.05) is 6.08 Å². The Morgan fingerprint density at radius 3 is 2.92 bits per heavy atom. The summed E-state index contributed by atoms with van der Waals surface area (Å²) >= 11 is 0. The average Bonchev–Trinajstić information content (AvgIpc) is 2.56. The Balaban J connectivity index is 0.00000144. The lowest BCUT2D eigenvalue weighted by Crippen LogP contribution is -3.00. The molecule has 0 aromatic carbocycles. The zero-order valence-electron chi connectivity index (χ0n) is 8.04. The third-order valence-electron chi connectivity index (χ3n) is 2.11. The van der Waals surface area contributed by atoms with E-state index in [0.717, 1.165) is 6.42 Å². The lowest BCUT2D eigenvalue weighted by atomic mass is 10.1. The van der Waals surface area contributed by atoms with Crippen molar-refractivity contribution >= 4 is 0 Å². The van der Waals surface area contributed by atoms with Gasteiger partial charge in [-0.25, -0.2) is 4.57 Å². The molecule has 1 aromatic rings. The second kappa shape index (κ2) is 6.72. The van der Waals surface area contributed by atoms with Gasteiger partial charge in [-0.2, -0.15) is 0 Å². The Bertz CT molecular complexity index is 219. The fraction of sp³-hybridized carbons (Fsp3) is 0.500. The summed E-state index contributed by atoms with van der Waals surface area (Å²) in [6.07, 6.45) is 11.6. The van der Waals surface area contributed by atoms with E-state index in [1.165, 1.54) is 12.8 Å². The van der Waals surface area contributed by atoms with E-state index in [-0.39, 0.29) is 12.4 Å². The van der Waals surface area contributed by atoms with E-state index in [9.17, 15) is 0 Å². The van der Waals surface area contributed by atoms with Crippen LogP contribution in [0.15, 0.2) is 31.4 Å². The number of nitrogens with zero attached hydrogens (tertiary/aromatic N) is 1. The number of rotatable bonds is 5. The minimum atomic E-state index is 0. The number of hydrogen-bond donors (Lipinski definition) is 1. The summed E-state index contributed by atoms with van der Waals surface area (Å²) in [5.41, 5.74) is 0. The average molecular weight is 201 g/mol. The van der Waals surface area contributed by atoms with Crippen molar-refractivity contribution in [1.29, 1.82) is 0 Å². The lowest BCUT2D eigenvalue weighted by molar-refractivity contribution is -0.719. The van der Waals surface area contributed by atoms with Gasteiger partial charge in [0.05, 0.1) is 6.04 Å². The maximum Gasteiger partial charge on any atom is 0.241 e. The lowest BCUT2D eigenvalue weighted by Gasteiger charge is -2.05. The van der Waals surface area contributed by atoms with Crippen molar-refractivity contribution < 1.29 is 17.0 Å². The second-order valence-corrected chi connectivity index (χ2v) is 3.13. The van der Waals surface area contributed by atoms with Gasteiger partial charge in [-0.05, 0) is 26.2 Å². The smallest absolute Gasteiger partial charge is 0.241 e. The van der Waals surface area contributed by atoms with Crippen LogP contribution in [0, 0.1) is 0 Å². The first-order chi connectivity index (χ1) is 5.84. The van der Waals surface area contributed by atoms with Crippen molar-refractivity contribution in [3.63, 3.8) is 0 Å². The Morgan fingerprint density at radius 2 is 2.38 bits per heavy atom. The Labute approximate surface area is 86.1 Å². The standard InChI is InChI=1S/C10H16N2.ClH/c1-3-4-5-6-10(2)12-8-7-11-9-12;/h3,7-10H,1,4-6H2,2H3;1H. The zero-order valence-corrected chi connectivity index (χ0v) is 8.80. The first-order valence-electron chi connectivity index (χ1n) is 4.49. The molecule has 0 amide bonds. The topological polar surface area (TPSA) is 19.7 Å². The third-order valence-corrected chi connectivity index (χ3v) is 2.11. The molecule has 0 bridgehead atoms. The quantitative estimate of drug-likeness (QED) is 0.366. The van der Waals surface area contributed by atoms with Crippen molar-refractivity contribution in [2.45, 2.75) is 32.2 Å². The third kappa shape index (κ3) is 4.13.